The molecule has 3 aromatic rings. The summed E-state index contributed by atoms with van der Waals surface area (Å²) in [6.45, 7) is 17.8. The van der Waals surface area contributed by atoms with Crippen LogP contribution in [0.4, 0.5) is 11.5 Å². The van der Waals surface area contributed by atoms with E-state index < -0.39 is 17.7 Å². The molecule has 1 atom stereocenters. The highest BCUT2D eigenvalue weighted by Gasteiger charge is 2.36. The minimum atomic E-state index is -1.11. The average Bonchev–Trinajstić information content (AvgIpc) is 2.91. The van der Waals surface area contributed by atoms with Gasteiger partial charge in [-0.25, -0.2) is 9.78 Å². The molecule has 1 fully saturated rings. The van der Waals surface area contributed by atoms with Gasteiger partial charge in [0.25, 0.3) is 0 Å². The van der Waals surface area contributed by atoms with Gasteiger partial charge in [-0.05, 0) is 88.1 Å². The lowest BCUT2D eigenvalue weighted by Gasteiger charge is -2.41. The van der Waals surface area contributed by atoms with Crippen LogP contribution in [0.5, 0.6) is 0 Å². The molecule has 1 saturated heterocycles. The van der Waals surface area contributed by atoms with Gasteiger partial charge in [0, 0.05) is 54.9 Å². The third-order valence-corrected chi connectivity index (χ3v) is 8.45. The number of hydrogen-bond acceptors (Lipinski definition) is 6. The first kappa shape index (κ1) is 29.1. The molecular weight excluding hydrogens is 512 g/mol. The van der Waals surface area contributed by atoms with Crippen molar-refractivity contribution in [1.82, 2.24) is 9.97 Å². The predicted octanol–water partition coefficient (Wildman–Crippen LogP) is 6.89. The number of piperidine rings is 1. The highest BCUT2D eigenvalue weighted by atomic mass is 16.5. The van der Waals surface area contributed by atoms with Gasteiger partial charge in [0.05, 0.1) is 11.3 Å². The molecule has 0 saturated carbocycles. The van der Waals surface area contributed by atoms with Gasteiger partial charge in [0.15, 0.2) is 6.10 Å². The fraction of sp³-hybridized carbons (Fsp3) is 0.500. The maximum atomic E-state index is 12.8. The molecule has 2 aliphatic heterocycles. The number of rotatable bonds is 6. The number of carboxylic acids is 1. The summed E-state index contributed by atoms with van der Waals surface area (Å²) in [5.74, 6) is 0.0117. The molecular formula is C34H44N4O3. The zero-order valence-corrected chi connectivity index (χ0v) is 25.6. The zero-order chi connectivity index (χ0) is 29.5. The Bertz CT molecular complexity index is 1420. The Hall–Kier alpha value is -3.45. The fourth-order valence-corrected chi connectivity index (χ4v) is 6.20. The molecule has 41 heavy (non-hydrogen) atoms. The number of anilines is 2. The lowest BCUT2D eigenvalue weighted by Crippen LogP contribution is -2.39. The van der Waals surface area contributed by atoms with Gasteiger partial charge >= 0.3 is 5.97 Å². The van der Waals surface area contributed by atoms with Gasteiger partial charge in [-0.15, -0.1) is 0 Å². The van der Waals surface area contributed by atoms with E-state index in [-0.39, 0.29) is 5.41 Å². The standard InChI is InChI=1S/C34H44N4O3/c1-22-28(25-11-12-26-21-38(17-13-24(26)20-25)27-10-8-9-16-35-27)30(37-18-14-34(6,7)15-19-37)29(23(2)36-22)31(32(39)40)41-33(3,4)5/h8-12,16,20,31H,13-15,17-19,21H2,1-7H3,(H,39,40)/t31-/m0/s1. The molecule has 218 valence electrons. The summed E-state index contributed by atoms with van der Waals surface area (Å²) in [4.78, 5) is 27.0. The molecule has 0 radical (unpaired) electrons. The lowest BCUT2D eigenvalue weighted by atomic mass is 9.81. The van der Waals surface area contributed by atoms with E-state index in [4.69, 9.17) is 9.72 Å². The van der Waals surface area contributed by atoms with Crippen LogP contribution in [0.15, 0.2) is 42.6 Å². The van der Waals surface area contributed by atoms with E-state index in [0.717, 1.165) is 73.8 Å². The number of fused-ring (bicyclic) bond motifs is 1. The lowest BCUT2D eigenvalue weighted by molar-refractivity contribution is -0.160. The van der Waals surface area contributed by atoms with Crippen molar-refractivity contribution in [3.63, 3.8) is 0 Å². The second-order valence-corrected chi connectivity index (χ2v) is 13.4. The normalized spacial score (nSPS) is 17.7. The fourth-order valence-electron chi connectivity index (χ4n) is 6.20. The molecule has 2 aliphatic rings. The quantitative estimate of drug-likeness (QED) is 0.354. The van der Waals surface area contributed by atoms with Gasteiger partial charge in [0.2, 0.25) is 0 Å². The second-order valence-electron chi connectivity index (χ2n) is 13.4. The number of aliphatic carboxylic acids is 1. The Morgan fingerprint density at radius 2 is 1.73 bits per heavy atom. The molecule has 1 aromatic carbocycles. The monoisotopic (exact) mass is 556 g/mol. The van der Waals surface area contributed by atoms with Crippen LogP contribution in [0, 0.1) is 19.3 Å². The molecule has 5 rings (SSSR count). The minimum Gasteiger partial charge on any atom is -0.479 e. The summed E-state index contributed by atoms with van der Waals surface area (Å²) in [7, 11) is 0. The Labute approximate surface area is 244 Å². The van der Waals surface area contributed by atoms with E-state index >= 15 is 0 Å². The van der Waals surface area contributed by atoms with E-state index in [1.165, 1.54) is 11.1 Å². The number of aryl methyl sites for hydroxylation is 2. The zero-order valence-electron chi connectivity index (χ0n) is 25.6. The van der Waals surface area contributed by atoms with E-state index in [9.17, 15) is 9.90 Å². The molecule has 1 N–H and O–H groups in total. The van der Waals surface area contributed by atoms with Crippen molar-refractivity contribution in [2.45, 2.75) is 86.0 Å². The molecule has 7 nitrogen and oxygen atoms in total. The summed E-state index contributed by atoms with van der Waals surface area (Å²) < 4.78 is 6.24. The van der Waals surface area contributed by atoms with Crippen LogP contribution < -0.4 is 9.80 Å². The van der Waals surface area contributed by atoms with Gasteiger partial charge in [0.1, 0.15) is 5.82 Å². The van der Waals surface area contributed by atoms with Crippen LogP contribution in [0.3, 0.4) is 0 Å². The molecule has 2 aromatic heterocycles. The first-order chi connectivity index (χ1) is 19.3. The van der Waals surface area contributed by atoms with E-state index in [1.807, 2.05) is 52.9 Å². The van der Waals surface area contributed by atoms with Crippen LogP contribution in [-0.4, -0.2) is 46.3 Å². The molecule has 0 aliphatic carbocycles. The third kappa shape index (κ3) is 6.25. The minimum absolute atomic E-state index is 0.257. The number of pyridine rings is 2. The van der Waals surface area contributed by atoms with Crippen LogP contribution >= 0.6 is 0 Å². The van der Waals surface area contributed by atoms with Crippen molar-refractivity contribution in [1.29, 1.82) is 0 Å². The number of carboxylic acid groups (broad SMARTS) is 1. The maximum Gasteiger partial charge on any atom is 0.337 e. The van der Waals surface area contributed by atoms with Crippen molar-refractivity contribution in [3.05, 3.63) is 70.7 Å². The summed E-state index contributed by atoms with van der Waals surface area (Å²) in [5, 5.41) is 10.4. The number of carbonyl (C=O) groups is 1. The van der Waals surface area contributed by atoms with Gasteiger partial charge in [-0.1, -0.05) is 38.1 Å². The van der Waals surface area contributed by atoms with Gasteiger partial charge in [-0.2, -0.15) is 0 Å². The van der Waals surface area contributed by atoms with Crippen molar-refractivity contribution >= 4 is 17.5 Å². The van der Waals surface area contributed by atoms with Crippen molar-refractivity contribution in [2.75, 3.05) is 29.4 Å². The number of nitrogens with zero attached hydrogens (tertiary/aromatic N) is 4. The third-order valence-electron chi connectivity index (χ3n) is 8.45. The predicted molar refractivity (Wildman–Crippen MR) is 165 cm³/mol. The van der Waals surface area contributed by atoms with Crippen molar-refractivity contribution in [3.8, 4) is 11.1 Å². The van der Waals surface area contributed by atoms with Crippen molar-refractivity contribution in [2.24, 2.45) is 5.41 Å². The summed E-state index contributed by atoms with van der Waals surface area (Å²) in [6.07, 6.45) is 3.73. The Morgan fingerprint density at radius 1 is 1.00 bits per heavy atom. The number of hydrogen-bond donors (Lipinski definition) is 1. The summed E-state index contributed by atoms with van der Waals surface area (Å²) in [5.41, 5.74) is 7.61. The molecule has 0 unspecified atom stereocenters. The highest BCUT2D eigenvalue weighted by molar-refractivity contribution is 5.88. The highest BCUT2D eigenvalue weighted by Crippen LogP contribution is 2.45. The van der Waals surface area contributed by atoms with Crippen LogP contribution in [-0.2, 0) is 22.5 Å². The Morgan fingerprint density at radius 3 is 2.37 bits per heavy atom. The maximum absolute atomic E-state index is 12.8. The largest absolute Gasteiger partial charge is 0.479 e. The number of aromatic nitrogens is 2. The molecule has 0 spiro atoms. The summed E-state index contributed by atoms with van der Waals surface area (Å²) in [6, 6.07) is 12.7. The first-order valence-corrected chi connectivity index (χ1v) is 14.8. The average molecular weight is 557 g/mol. The van der Waals surface area contributed by atoms with Crippen LogP contribution in [0.2, 0.25) is 0 Å². The van der Waals surface area contributed by atoms with E-state index in [0.29, 0.717) is 11.3 Å². The second kappa shape index (κ2) is 11.1. The first-order valence-electron chi connectivity index (χ1n) is 14.8. The smallest absolute Gasteiger partial charge is 0.337 e. The SMILES string of the molecule is Cc1nc(C)c([C@H](OC(C)(C)C)C(=O)O)c(N2CCC(C)(C)CC2)c1-c1ccc2c(c1)CCN(c1ccccn1)C2. The van der Waals surface area contributed by atoms with Gasteiger partial charge in [-0.3, -0.25) is 4.98 Å². The molecule has 0 amide bonds. The van der Waals surface area contributed by atoms with Crippen molar-refractivity contribution < 1.29 is 14.6 Å². The van der Waals surface area contributed by atoms with Crippen LogP contribution in [0.1, 0.15) is 81.6 Å². The van der Waals surface area contributed by atoms with Gasteiger partial charge < -0.3 is 19.6 Å². The van der Waals surface area contributed by atoms with E-state index in [1.54, 1.807) is 0 Å². The Kier molecular flexibility index (Phi) is 7.86. The molecule has 7 heteroatoms. The molecule has 0 bridgehead atoms. The van der Waals surface area contributed by atoms with E-state index in [2.05, 4.69) is 52.9 Å². The molecule has 4 heterocycles. The summed E-state index contributed by atoms with van der Waals surface area (Å²) >= 11 is 0. The van der Waals surface area contributed by atoms with Crippen LogP contribution in [0.25, 0.3) is 11.1 Å². The Balaban J connectivity index is 1.63. The topological polar surface area (TPSA) is 78.8 Å². The number of ether oxygens (including phenoxy) is 1. The number of benzene rings is 1.